The first-order valence-corrected chi connectivity index (χ1v) is 8.73. The summed E-state index contributed by atoms with van der Waals surface area (Å²) in [4.78, 5) is 24.2. The van der Waals surface area contributed by atoms with Gasteiger partial charge in [-0.1, -0.05) is 36.0 Å². The Morgan fingerprint density at radius 3 is 2.71 bits per heavy atom. The molecule has 1 aliphatic carbocycles. The van der Waals surface area contributed by atoms with Crippen LogP contribution in [0.4, 0.5) is 11.9 Å². The largest absolute Gasteiger partial charge is 0.368 e. The molecule has 3 rings (SSSR count). The van der Waals surface area contributed by atoms with Gasteiger partial charge in [-0.3, -0.25) is 4.79 Å². The van der Waals surface area contributed by atoms with Gasteiger partial charge in [-0.2, -0.15) is 15.0 Å². The van der Waals surface area contributed by atoms with E-state index in [4.69, 9.17) is 11.5 Å². The van der Waals surface area contributed by atoms with Crippen LogP contribution in [0.3, 0.4) is 0 Å². The van der Waals surface area contributed by atoms with Gasteiger partial charge in [-0.05, 0) is 37.3 Å². The number of nitrogens with one attached hydrogen (secondary N) is 1. The number of hydrogen-bond donors (Lipinski definition) is 3. The number of anilines is 2. The van der Waals surface area contributed by atoms with E-state index >= 15 is 0 Å². The number of nitrogens with two attached hydrogens (primary N) is 2. The summed E-state index contributed by atoms with van der Waals surface area (Å²) in [6.45, 7) is 1.81. The first-order valence-electron chi connectivity index (χ1n) is 7.85. The van der Waals surface area contributed by atoms with Crippen molar-refractivity contribution in [1.29, 1.82) is 0 Å². The van der Waals surface area contributed by atoms with Crippen LogP contribution >= 0.6 is 11.8 Å². The van der Waals surface area contributed by atoms with Crippen molar-refractivity contribution in [3.8, 4) is 0 Å². The number of nitrogens with zero attached hydrogens (tertiary/aromatic N) is 3. The third kappa shape index (κ3) is 3.76. The molecule has 1 aromatic carbocycles. The predicted molar refractivity (Wildman–Crippen MR) is 94.2 cm³/mol. The lowest BCUT2D eigenvalue weighted by atomic mass is 9.88. The molecule has 0 unspecified atom stereocenters. The molecule has 0 saturated heterocycles. The lowest BCUT2D eigenvalue weighted by molar-refractivity contribution is -0.121. The number of rotatable bonds is 4. The molecule has 0 aliphatic heterocycles. The number of aryl methyl sites for hydroxylation is 1. The number of fused-ring (bicyclic) bond motifs is 1. The van der Waals surface area contributed by atoms with Gasteiger partial charge in [0.05, 0.1) is 11.3 Å². The van der Waals surface area contributed by atoms with Crippen LogP contribution in [0.5, 0.6) is 0 Å². The minimum atomic E-state index is -0.361. The molecule has 0 bridgehead atoms. The first kappa shape index (κ1) is 16.5. The maximum absolute atomic E-state index is 12.5. The van der Waals surface area contributed by atoms with E-state index in [9.17, 15) is 4.79 Å². The lowest BCUT2D eigenvalue weighted by Gasteiger charge is -2.27. The predicted octanol–water partition coefficient (Wildman–Crippen LogP) is 1.71. The highest BCUT2D eigenvalue weighted by atomic mass is 32.2. The molecule has 24 heavy (non-hydrogen) atoms. The quantitative estimate of drug-likeness (QED) is 0.722. The van der Waals surface area contributed by atoms with E-state index in [0.717, 1.165) is 19.3 Å². The summed E-state index contributed by atoms with van der Waals surface area (Å²) in [6.07, 6.45) is 3.09. The van der Waals surface area contributed by atoms with Crippen molar-refractivity contribution in [3.63, 3.8) is 0 Å². The van der Waals surface area contributed by atoms with Gasteiger partial charge in [0.1, 0.15) is 0 Å². The molecule has 7 nitrogen and oxygen atoms in total. The van der Waals surface area contributed by atoms with E-state index in [0.29, 0.717) is 5.16 Å². The molecule has 0 fully saturated rings. The van der Waals surface area contributed by atoms with Gasteiger partial charge in [0.25, 0.3) is 0 Å². The van der Waals surface area contributed by atoms with Crippen LogP contribution in [0, 0.1) is 0 Å². The molecule has 1 aliphatic rings. The molecule has 5 N–H and O–H groups in total. The van der Waals surface area contributed by atoms with Crippen molar-refractivity contribution in [2.75, 3.05) is 11.5 Å². The Morgan fingerprint density at radius 2 is 1.96 bits per heavy atom. The van der Waals surface area contributed by atoms with Crippen molar-refractivity contribution in [1.82, 2.24) is 20.3 Å². The fraction of sp³-hybridized carbons (Fsp3) is 0.375. The number of hydrogen-bond acceptors (Lipinski definition) is 7. The summed E-state index contributed by atoms with van der Waals surface area (Å²) in [5, 5.41) is 3.12. The topological polar surface area (TPSA) is 120 Å². The summed E-state index contributed by atoms with van der Waals surface area (Å²) in [5.41, 5.74) is 13.6. The maximum Gasteiger partial charge on any atom is 0.233 e. The van der Waals surface area contributed by atoms with Crippen molar-refractivity contribution in [2.45, 2.75) is 42.6 Å². The van der Waals surface area contributed by atoms with E-state index in [2.05, 4.69) is 32.4 Å². The van der Waals surface area contributed by atoms with Gasteiger partial charge in [-0.15, -0.1) is 0 Å². The zero-order chi connectivity index (χ0) is 17.1. The Morgan fingerprint density at radius 1 is 1.25 bits per heavy atom. The Hall–Kier alpha value is -2.35. The van der Waals surface area contributed by atoms with Gasteiger partial charge < -0.3 is 16.8 Å². The van der Waals surface area contributed by atoms with Gasteiger partial charge in [-0.25, -0.2) is 0 Å². The summed E-state index contributed by atoms with van der Waals surface area (Å²) in [7, 11) is 0. The van der Waals surface area contributed by atoms with Crippen molar-refractivity contribution in [2.24, 2.45) is 0 Å². The van der Waals surface area contributed by atoms with Gasteiger partial charge >= 0.3 is 0 Å². The van der Waals surface area contributed by atoms with Crippen LogP contribution in [0.2, 0.25) is 0 Å². The highest BCUT2D eigenvalue weighted by molar-refractivity contribution is 8.00. The smallest absolute Gasteiger partial charge is 0.233 e. The van der Waals surface area contributed by atoms with Crippen LogP contribution in [-0.4, -0.2) is 26.1 Å². The zero-order valence-electron chi connectivity index (χ0n) is 13.4. The van der Waals surface area contributed by atoms with Gasteiger partial charge in [0.2, 0.25) is 17.8 Å². The summed E-state index contributed by atoms with van der Waals surface area (Å²) in [6, 6.07) is 8.32. The number of carbonyl (C=O) groups excluding carboxylic acids is 1. The molecule has 1 heterocycles. The highest BCUT2D eigenvalue weighted by Gasteiger charge is 2.24. The number of nitrogen functional groups attached to an aromatic ring is 2. The maximum atomic E-state index is 12.5. The van der Waals surface area contributed by atoms with E-state index in [-0.39, 0.29) is 29.1 Å². The Kier molecular flexibility index (Phi) is 4.84. The van der Waals surface area contributed by atoms with Crippen molar-refractivity contribution >= 4 is 29.6 Å². The molecule has 2 aromatic rings. The standard InChI is InChI=1S/C16H20N6OS/c1-9(24-16-21-14(17)20-15(18)22-16)13(23)19-12-8-4-6-10-5-2-3-7-11(10)12/h2-3,5,7,9,12H,4,6,8H2,1H3,(H,19,23)(H4,17,18,20,21,22)/t9-,12-/m0/s1. The molecular weight excluding hydrogens is 324 g/mol. The van der Waals surface area contributed by atoms with Crippen LogP contribution in [0.1, 0.15) is 36.9 Å². The fourth-order valence-electron chi connectivity index (χ4n) is 2.85. The molecule has 0 radical (unpaired) electrons. The molecular formula is C16H20N6OS. The molecule has 1 aromatic heterocycles. The molecule has 0 saturated carbocycles. The van der Waals surface area contributed by atoms with Crippen LogP contribution in [0.15, 0.2) is 29.4 Å². The third-order valence-corrected chi connectivity index (χ3v) is 4.95. The summed E-state index contributed by atoms with van der Waals surface area (Å²) < 4.78 is 0. The Labute approximate surface area is 144 Å². The number of aromatic nitrogens is 3. The van der Waals surface area contributed by atoms with E-state index in [1.54, 1.807) is 0 Å². The van der Waals surface area contributed by atoms with E-state index in [1.807, 2.05) is 19.1 Å². The van der Waals surface area contributed by atoms with Gasteiger partial charge in [0, 0.05) is 0 Å². The first-order chi connectivity index (χ1) is 11.5. The lowest BCUT2D eigenvalue weighted by Crippen LogP contribution is -2.36. The highest BCUT2D eigenvalue weighted by Crippen LogP contribution is 2.30. The van der Waals surface area contributed by atoms with Crippen molar-refractivity contribution in [3.05, 3.63) is 35.4 Å². The minimum absolute atomic E-state index is 0.0545. The third-order valence-electron chi connectivity index (χ3n) is 3.99. The molecule has 1 amide bonds. The normalized spacial score (nSPS) is 17.8. The van der Waals surface area contributed by atoms with Crippen LogP contribution < -0.4 is 16.8 Å². The second-order valence-corrected chi connectivity index (χ2v) is 7.05. The summed E-state index contributed by atoms with van der Waals surface area (Å²) in [5.74, 6) is 0.0527. The minimum Gasteiger partial charge on any atom is -0.368 e. The fourth-order valence-corrected chi connectivity index (χ4v) is 3.63. The van der Waals surface area contributed by atoms with Crippen LogP contribution in [-0.2, 0) is 11.2 Å². The average Bonchev–Trinajstić information content (AvgIpc) is 2.54. The second kappa shape index (κ2) is 7.04. The number of benzene rings is 1. The van der Waals surface area contributed by atoms with Crippen LogP contribution in [0.25, 0.3) is 0 Å². The molecule has 0 spiro atoms. The molecule has 8 heteroatoms. The second-order valence-electron chi connectivity index (χ2n) is 5.75. The number of carbonyl (C=O) groups is 1. The summed E-state index contributed by atoms with van der Waals surface area (Å²) >= 11 is 1.22. The molecule has 2 atom stereocenters. The van der Waals surface area contributed by atoms with Crippen molar-refractivity contribution < 1.29 is 4.79 Å². The van der Waals surface area contributed by atoms with E-state index < -0.39 is 0 Å². The number of amides is 1. The SMILES string of the molecule is C[C@H](Sc1nc(N)nc(N)n1)C(=O)N[C@H]1CCCc2ccccc21. The van der Waals surface area contributed by atoms with Gasteiger partial charge in [0.15, 0.2) is 5.16 Å². The average molecular weight is 344 g/mol. The zero-order valence-corrected chi connectivity index (χ0v) is 14.2. The molecule has 126 valence electrons. The number of thioether (sulfide) groups is 1. The van der Waals surface area contributed by atoms with E-state index in [1.165, 1.54) is 22.9 Å². The monoisotopic (exact) mass is 344 g/mol. The Bertz CT molecular complexity index is 733. The Balaban J connectivity index is 1.67.